The molecule has 1 rings (SSSR count). The highest BCUT2D eigenvalue weighted by Crippen LogP contribution is 2.21. The molecular weight excluding hydrogens is 146 g/mol. The second-order valence-electron chi connectivity index (χ2n) is 4.26. The maximum atomic E-state index is 3.51. The minimum absolute atomic E-state index is 0.716. The minimum Gasteiger partial charge on any atom is -0.311 e. The molecule has 1 saturated heterocycles. The molecule has 0 radical (unpaired) electrons. The van der Waals surface area contributed by atoms with Crippen molar-refractivity contribution in [2.75, 3.05) is 6.54 Å². The molecule has 70 valence electrons. The molecular formula is C11H21N. The van der Waals surface area contributed by atoms with E-state index in [9.17, 15) is 0 Å². The third-order valence-corrected chi connectivity index (χ3v) is 2.97. The summed E-state index contributed by atoms with van der Waals surface area (Å²) in [4.78, 5) is 0. The van der Waals surface area contributed by atoms with Crippen LogP contribution in [0.3, 0.4) is 0 Å². The van der Waals surface area contributed by atoms with Crippen molar-refractivity contribution in [2.45, 2.75) is 46.6 Å². The molecule has 1 aliphatic heterocycles. The molecule has 1 fully saturated rings. The van der Waals surface area contributed by atoms with Gasteiger partial charge in [-0.3, -0.25) is 0 Å². The van der Waals surface area contributed by atoms with Crippen molar-refractivity contribution in [1.29, 1.82) is 0 Å². The fourth-order valence-corrected chi connectivity index (χ4v) is 1.62. The number of allylic oxidation sites excluding steroid dienone is 1. The van der Waals surface area contributed by atoms with Crippen LogP contribution in [0, 0.1) is 5.92 Å². The van der Waals surface area contributed by atoms with Crippen LogP contribution in [0.25, 0.3) is 0 Å². The third-order valence-electron chi connectivity index (χ3n) is 2.97. The summed E-state index contributed by atoms with van der Waals surface area (Å²) in [6, 6.07) is 0.716. The van der Waals surface area contributed by atoms with Crippen LogP contribution in [0.5, 0.6) is 0 Å². The van der Waals surface area contributed by atoms with Crippen molar-refractivity contribution < 1.29 is 0 Å². The predicted molar refractivity (Wildman–Crippen MR) is 54.2 cm³/mol. The van der Waals surface area contributed by atoms with Gasteiger partial charge in [0.2, 0.25) is 0 Å². The molecule has 0 spiro atoms. The molecule has 0 aromatic carbocycles. The average molecular weight is 167 g/mol. The summed E-state index contributed by atoms with van der Waals surface area (Å²) < 4.78 is 0. The van der Waals surface area contributed by atoms with Crippen molar-refractivity contribution in [1.82, 2.24) is 5.32 Å². The van der Waals surface area contributed by atoms with Crippen LogP contribution in [-0.2, 0) is 0 Å². The van der Waals surface area contributed by atoms with Crippen LogP contribution in [0.15, 0.2) is 11.1 Å². The minimum atomic E-state index is 0.716. The normalized spacial score (nSPS) is 29.2. The second-order valence-corrected chi connectivity index (χ2v) is 4.26. The molecule has 1 N–H and O–H groups in total. The van der Waals surface area contributed by atoms with Gasteiger partial charge in [0, 0.05) is 12.6 Å². The van der Waals surface area contributed by atoms with Gasteiger partial charge in [0.15, 0.2) is 0 Å². The van der Waals surface area contributed by atoms with Crippen molar-refractivity contribution >= 4 is 0 Å². The van der Waals surface area contributed by atoms with E-state index in [1.165, 1.54) is 12.8 Å². The first kappa shape index (κ1) is 9.79. The fraction of sp³-hybridized carbons (Fsp3) is 0.818. The lowest BCUT2D eigenvalue weighted by molar-refractivity contribution is 0.479. The summed E-state index contributed by atoms with van der Waals surface area (Å²) in [5.41, 5.74) is 3.23. The summed E-state index contributed by atoms with van der Waals surface area (Å²) >= 11 is 0. The van der Waals surface area contributed by atoms with E-state index in [4.69, 9.17) is 0 Å². The number of hydrogen-bond acceptors (Lipinski definition) is 1. The maximum absolute atomic E-state index is 3.51. The summed E-state index contributed by atoms with van der Waals surface area (Å²) in [6.07, 6.45) is 2.61. The molecule has 0 bridgehead atoms. The SMILES string of the molecule is C/C(=C1\CCC(C)NC1)C(C)C. The van der Waals surface area contributed by atoms with E-state index in [0.29, 0.717) is 6.04 Å². The van der Waals surface area contributed by atoms with Gasteiger partial charge in [-0.1, -0.05) is 25.0 Å². The van der Waals surface area contributed by atoms with E-state index < -0.39 is 0 Å². The first-order valence-electron chi connectivity index (χ1n) is 5.03. The third kappa shape index (κ3) is 2.34. The highest BCUT2D eigenvalue weighted by molar-refractivity contribution is 5.17. The molecule has 1 heteroatoms. The molecule has 0 amide bonds. The largest absolute Gasteiger partial charge is 0.311 e. The Hall–Kier alpha value is -0.300. The molecule has 0 saturated carbocycles. The van der Waals surface area contributed by atoms with E-state index in [1.807, 2.05) is 0 Å². The van der Waals surface area contributed by atoms with Gasteiger partial charge in [-0.05, 0) is 32.6 Å². The fourth-order valence-electron chi connectivity index (χ4n) is 1.62. The standard InChI is InChI=1S/C11H21N/c1-8(2)10(4)11-6-5-9(3)12-7-11/h8-9,12H,5-7H2,1-4H3/b11-10-. The zero-order valence-electron chi connectivity index (χ0n) is 8.78. The van der Waals surface area contributed by atoms with Gasteiger partial charge in [0.25, 0.3) is 0 Å². The van der Waals surface area contributed by atoms with Crippen molar-refractivity contribution in [3.8, 4) is 0 Å². The quantitative estimate of drug-likeness (QED) is 0.592. The van der Waals surface area contributed by atoms with Crippen LogP contribution < -0.4 is 5.32 Å². The summed E-state index contributed by atoms with van der Waals surface area (Å²) in [5, 5.41) is 3.51. The number of piperidine rings is 1. The lowest BCUT2D eigenvalue weighted by atomic mass is 9.92. The number of nitrogens with one attached hydrogen (secondary N) is 1. The highest BCUT2D eigenvalue weighted by atomic mass is 14.9. The molecule has 1 atom stereocenters. The summed E-state index contributed by atoms with van der Waals surface area (Å²) in [5.74, 6) is 0.718. The van der Waals surface area contributed by atoms with E-state index in [-0.39, 0.29) is 0 Å². The van der Waals surface area contributed by atoms with Gasteiger partial charge >= 0.3 is 0 Å². The molecule has 0 aromatic rings. The van der Waals surface area contributed by atoms with Crippen molar-refractivity contribution in [3.05, 3.63) is 11.1 Å². The van der Waals surface area contributed by atoms with Gasteiger partial charge in [0.05, 0.1) is 0 Å². The van der Waals surface area contributed by atoms with E-state index in [1.54, 1.807) is 11.1 Å². The van der Waals surface area contributed by atoms with Gasteiger partial charge in [-0.15, -0.1) is 0 Å². The number of hydrogen-bond donors (Lipinski definition) is 1. The van der Waals surface area contributed by atoms with Gasteiger partial charge in [-0.25, -0.2) is 0 Å². The Balaban J connectivity index is 2.58. The zero-order valence-corrected chi connectivity index (χ0v) is 8.78. The smallest absolute Gasteiger partial charge is 0.0169 e. The molecule has 0 aromatic heterocycles. The Bertz CT molecular complexity index is 169. The van der Waals surface area contributed by atoms with Crippen LogP contribution in [-0.4, -0.2) is 12.6 Å². The second kappa shape index (κ2) is 4.08. The molecule has 1 aliphatic rings. The lowest BCUT2D eigenvalue weighted by Crippen LogP contribution is -2.33. The van der Waals surface area contributed by atoms with Gasteiger partial charge in [-0.2, -0.15) is 0 Å². The summed E-state index contributed by atoms with van der Waals surface area (Å²) in [7, 11) is 0. The maximum Gasteiger partial charge on any atom is 0.0169 e. The van der Waals surface area contributed by atoms with Crippen LogP contribution in [0.1, 0.15) is 40.5 Å². The topological polar surface area (TPSA) is 12.0 Å². The predicted octanol–water partition coefficient (Wildman–Crippen LogP) is 2.73. The molecule has 1 heterocycles. The molecule has 12 heavy (non-hydrogen) atoms. The Morgan fingerprint density at radius 3 is 2.58 bits per heavy atom. The lowest BCUT2D eigenvalue weighted by Gasteiger charge is -2.25. The van der Waals surface area contributed by atoms with Crippen LogP contribution >= 0.6 is 0 Å². The Labute approximate surface area is 76.2 Å². The summed E-state index contributed by atoms with van der Waals surface area (Å²) in [6.45, 7) is 10.2. The zero-order chi connectivity index (χ0) is 9.14. The van der Waals surface area contributed by atoms with Crippen LogP contribution in [0.4, 0.5) is 0 Å². The Morgan fingerprint density at radius 1 is 1.50 bits per heavy atom. The van der Waals surface area contributed by atoms with E-state index in [0.717, 1.165) is 12.5 Å². The van der Waals surface area contributed by atoms with Crippen LogP contribution in [0.2, 0.25) is 0 Å². The Morgan fingerprint density at radius 2 is 2.17 bits per heavy atom. The molecule has 0 aliphatic carbocycles. The van der Waals surface area contributed by atoms with E-state index in [2.05, 4.69) is 33.0 Å². The number of rotatable bonds is 1. The van der Waals surface area contributed by atoms with Gasteiger partial charge in [0.1, 0.15) is 0 Å². The van der Waals surface area contributed by atoms with Crippen molar-refractivity contribution in [3.63, 3.8) is 0 Å². The average Bonchev–Trinajstić information content (AvgIpc) is 2.04. The van der Waals surface area contributed by atoms with Gasteiger partial charge < -0.3 is 5.32 Å². The first-order chi connectivity index (χ1) is 5.61. The molecule has 1 unspecified atom stereocenters. The highest BCUT2D eigenvalue weighted by Gasteiger charge is 2.13. The first-order valence-corrected chi connectivity index (χ1v) is 5.03. The van der Waals surface area contributed by atoms with Crippen molar-refractivity contribution in [2.24, 2.45) is 5.92 Å². The Kier molecular flexibility index (Phi) is 3.33. The molecule has 1 nitrogen and oxygen atoms in total. The van der Waals surface area contributed by atoms with E-state index >= 15 is 0 Å². The monoisotopic (exact) mass is 167 g/mol.